The normalized spacial score (nSPS) is 10.6. The number of benzene rings is 2. The summed E-state index contributed by atoms with van der Waals surface area (Å²) in [6.45, 7) is 0. The van der Waals surface area contributed by atoms with Crippen LogP contribution in [0, 0.1) is 0 Å². The number of carboxylic acid groups (broad SMARTS) is 1. The summed E-state index contributed by atoms with van der Waals surface area (Å²) in [4.78, 5) is 10.8. The Hall–Kier alpha value is -2.49. The Morgan fingerprint density at radius 1 is 0.882 bits per heavy atom. The van der Waals surface area contributed by atoms with Crippen LogP contribution in [-0.4, -0.2) is 5.97 Å². The highest BCUT2D eigenvalue weighted by atomic mass is 16.4. The summed E-state index contributed by atoms with van der Waals surface area (Å²) >= 11 is 0. The summed E-state index contributed by atoms with van der Waals surface area (Å²) in [5.74, 6) is -1.26. The Balaban J connectivity index is 2.30. The lowest BCUT2D eigenvalue weighted by Crippen LogP contribution is -2.22. The second-order valence-corrected chi connectivity index (χ2v) is 3.34. The van der Waals surface area contributed by atoms with Gasteiger partial charge in [0.1, 0.15) is 0 Å². The molecule has 0 fully saturated rings. The number of hydrogen-bond acceptors (Lipinski definition) is 4. The van der Waals surface area contributed by atoms with Crippen molar-refractivity contribution >= 4 is 17.3 Å². The third kappa shape index (κ3) is 2.75. The molecule has 0 spiro atoms. The van der Waals surface area contributed by atoms with Gasteiger partial charge in [-0.3, -0.25) is 0 Å². The number of azo groups is 1. The number of hydrogen-bond donors (Lipinski definition) is 0. The summed E-state index contributed by atoms with van der Waals surface area (Å²) in [7, 11) is 0. The number of aromatic carboxylic acids is 1. The van der Waals surface area contributed by atoms with Gasteiger partial charge in [-0.05, 0) is 18.2 Å². The zero-order valence-electron chi connectivity index (χ0n) is 8.91. The van der Waals surface area contributed by atoms with Gasteiger partial charge in [-0.15, -0.1) is 5.11 Å². The largest absolute Gasteiger partial charge is 0.545 e. The third-order valence-electron chi connectivity index (χ3n) is 2.15. The van der Waals surface area contributed by atoms with Gasteiger partial charge in [0.15, 0.2) is 0 Å². The lowest BCUT2D eigenvalue weighted by atomic mass is 10.2. The number of rotatable bonds is 3. The molecule has 0 aliphatic heterocycles. The molecule has 0 atom stereocenters. The average Bonchev–Trinajstić information content (AvgIpc) is 2.38. The van der Waals surface area contributed by atoms with Crippen LogP contribution >= 0.6 is 0 Å². The minimum Gasteiger partial charge on any atom is -0.545 e. The molecule has 0 saturated heterocycles. The molecule has 0 unspecified atom stereocenters. The Kier molecular flexibility index (Phi) is 3.25. The molecule has 0 saturated carbocycles. The smallest absolute Gasteiger partial charge is 0.0947 e. The first-order valence-corrected chi connectivity index (χ1v) is 5.04. The van der Waals surface area contributed by atoms with E-state index in [1.165, 1.54) is 6.07 Å². The molecule has 17 heavy (non-hydrogen) atoms. The van der Waals surface area contributed by atoms with Crippen molar-refractivity contribution in [3.63, 3.8) is 0 Å². The van der Waals surface area contributed by atoms with Crippen molar-refractivity contribution in [2.24, 2.45) is 10.2 Å². The molecule has 2 aromatic carbocycles. The monoisotopic (exact) mass is 225 g/mol. The van der Waals surface area contributed by atoms with Gasteiger partial charge in [-0.25, -0.2) is 0 Å². The van der Waals surface area contributed by atoms with E-state index in [9.17, 15) is 9.90 Å². The van der Waals surface area contributed by atoms with Crippen molar-refractivity contribution in [1.29, 1.82) is 0 Å². The molecule has 0 aliphatic carbocycles. The van der Waals surface area contributed by atoms with Crippen LogP contribution in [0.15, 0.2) is 64.8 Å². The molecule has 84 valence electrons. The van der Waals surface area contributed by atoms with E-state index in [2.05, 4.69) is 10.2 Å². The van der Waals surface area contributed by atoms with Gasteiger partial charge in [0.2, 0.25) is 0 Å². The molecule has 4 nitrogen and oxygen atoms in total. The van der Waals surface area contributed by atoms with Crippen molar-refractivity contribution in [1.82, 2.24) is 0 Å². The van der Waals surface area contributed by atoms with Crippen LogP contribution in [0.4, 0.5) is 11.4 Å². The van der Waals surface area contributed by atoms with E-state index >= 15 is 0 Å². The first kappa shape index (κ1) is 11.0. The van der Waals surface area contributed by atoms with Crippen LogP contribution < -0.4 is 5.11 Å². The van der Waals surface area contributed by atoms with Crippen molar-refractivity contribution in [2.75, 3.05) is 0 Å². The highest BCUT2D eigenvalue weighted by Gasteiger charge is 2.00. The molecule has 0 aromatic heterocycles. The van der Waals surface area contributed by atoms with Crippen LogP contribution in [0.25, 0.3) is 0 Å². The molecule has 0 aliphatic rings. The van der Waals surface area contributed by atoms with E-state index in [1.807, 2.05) is 18.2 Å². The van der Waals surface area contributed by atoms with Crippen LogP contribution in [0.1, 0.15) is 10.4 Å². The predicted octanol–water partition coefficient (Wildman–Crippen LogP) is 2.47. The van der Waals surface area contributed by atoms with Gasteiger partial charge in [-0.1, -0.05) is 36.4 Å². The second-order valence-electron chi connectivity index (χ2n) is 3.34. The van der Waals surface area contributed by atoms with E-state index in [4.69, 9.17) is 0 Å². The van der Waals surface area contributed by atoms with E-state index in [1.54, 1.807) is 30.3 Å². The molecule has 2 aromatic rings. The molecule has 0 bridgehead atoms. The Morgan fingerprint density at radius 2 is 1.53 bits per heavy atom. The molecule has 0 heterocycles. The first-order chi connectivity index (χ1) is 8.27. The second kappa shape index (κ2) is 5.03. The Morgan fingerprint density at radius 3 is 2.24 bits per heavy atom. The minimum atomic E-state index is -1.26. The van der Waals surface area contributed by atoms with Gasteiger partial charge in [-0.2, -0.15) is 5.11 Å². The number of nitrogens with zero attached hydrogens (tertiary/aromatic N) is 2. The van der Waals surface area contributed by atoms with E-state index in [0.29, 0.717) is 5.69 Å². The number of carbonyl (C=O) groups is 1. The third-order valence-corrected chi connectivity index (χ3v) is 2.15. The minimum absolute atomic E-state index is 0.0344. The predicted molar refractivity (Wildman–Crippen MR) is 61.4 cm³/mol. The maximum Gasteiger partial charge on any atom is 0.0947 e. The highest BCUT2D eigenvalue weighted by Crippen LogP contribution is 2.21. The van der Waals surface area contributed by atoms with Gasteiger partial charge in [0.25, 0.3) is 0 Å². The Labute approximate surface area is 98.3 Å². The summed E-state index contributed by atoms with van der Waals surface area (Å²) in [6, 6.07) is 15.4. The van der Waals surface area contributed by atoms with Crippen LogP contribution in [0.3, 0.4) is 0 Å². The van der Waals surface area contributed by atoms with Crippen LogP contribution in [-0.2, 0) is 0 Å². The van der Waals surface area contributed by atoms with Crippen molar-refractivity contribution in [3.05, 3.63) is 60.2 Å². The molecule has 0 radical (unpaired) electrons. The highest BCUT2D eigenvalue weighted by molar-refractivity contribution is 5.91. The fourth-order valence-electron chi connectivity index (χ4n) is 1.34. The van der Waals surface area contributed by atoms with Crippen molar-refractivity contribution in [2.45, 2.75) is 0 Å². The van der Waals surface area contributed by atoms with Crippen LogP contribution in [0.2, 0.25) is 0 Å². The summed E-state index contributed by atoms with van der Waals surface area (Å²) in [5, 5.41) is 18.7. The lowest BCUT2D eigenvalue weighted by Gasteiger charge is -2.04. The van der Waals surface area contributed by atoms with Crippen LogP contribution in [0.5, 0.6) is 0 Å². The van der Waals surface area contributed by atoms with E-state index in [-0.39, 0.29) is 11.3 Å². The fraction of sp³-hybridized carbons (Fsp3) is 0. The fourth-order valence-corrected chi connectivity index (χ4v) is 1.34. The Bertz CT molecular complexity index is 550. The zero-order valence-corrected chi connectivity index (χ0v) is 8.91. The average molecular weight is 225 g/mol. The topological polar surface area (TPSA) is 64.8 Å². The maximum absolute atomic E-state index is 10.8. The van der Waals surface area contributed by atoms with Gasteiger partial charge >= 0.3 is 0 Å². The molecule has 2 rings (SSSR count). The SMILES string of the molecule is O=C([O-])c1ccccc1N=Nc1ccccc1. The molecule has 4 heteroatoms. The van der Waals surface area contributed by atoms with Crippen molar-refractivity contribution < 1.29 is 9.90 Å². The quantitative estimate of drug-likeness (QED) is 0.753. The zero-order chi connectivity index (χ0) is 12.1. The van der Waals surface area contributed by atoms with E-state index < -0.39 is 5.97 Å². The molecule has 0 amide bonds. The van der Waals surface area contributed by atoms with Crippen molar-refractivity contribution in [3.8, 4) is 0 Å². The summed E-state index contributed by atoms with van der Waals surface area (Å²) in [5.41, 5.74) is 0.990. The van der Waals surface area contributed by atoms with Gasteiger partial charge in [0.05, 0.1) is 17.3 Å². The molecular formula is C13H9N2O2-. The standard InChI is InChI=1S/C13H10N2O2/c16-13(17)11-8-4-5-9-12(11)15-14-10-6-2-1-3-7-10/h1-9H,(H,16,17)/p-1. The molecular weight excluding hydrogens is 216 g/mol. The first-order valence-electron chi connectivity index (χ1n) is 5.04. The van der Waals surface area contributed by atoms with E-state index in [0.717, 1.165) is 0 Å². The van der Waals surface area contributed by atoms with Gasteiger partial charge < -0.3 is 9.90 Å². The number of carboxylic acids is 1. The lowest BCUT2D eigenvalue weighted by molar-refractivity contribution is -0.254. The maximum atomic E-state index is 10.8. The van der Waals surface area contributed by atoms with Gasteiger partial charge in [0, 0.05) is 5.56 Å². The summed E-state index contributed by atoms with van der Waals surface area (Å²) < 4.78 is 0. The number of carbonyl (C=O) groups excluding carboxylic acids is 1. The summed E-state index contributed by atoms with van der Waals surface area (Å²) in [6.07, 6.45) is 0. The molecule has 0 N–H and O–H groups in total.